The van der Waals surface area contributed by atoms with Crippen molar-refractivity contribution in [3.8, 4) is 5.75 Å². The van der Waals surface area contributed by atoms with Gasteiger partial charge in [-0.05, 0) is 18.2 Å². The second-order valence-electron chi connectivity index (χ2n) is 3.99. The zero-order chi connectivity index (χ0) is 13.1. The minimum atomic E-state index is -0.851. The van der Waals surface area contributed by atoms with Gasteiger partial charge in [-0.25, -0.2) is 0 Å². The summed E-state index contributed by atoms with van der Waals surface area (Å²) in [6.07, 6.45) is 0.0440. The van der Waals surface area contributed by atoms with Crippen LogP contribution < -0.4 is 15.0 Å². The van der Waals surface area contributed by atoms with E-state index in [4.69, 9.17) is 9.84 Å². The molecule has 0 saturated carbocycles. The lowest BCUT2D eigenvalue weighted by molar-refractivity contribution is -0.136. The van der Waals surface area contributed by atoms with Gasteiger partial charge in [0, 0.05) is 19.3 Å². The van der Waals surface area contributed by atoms with E-state index in [1.54, 1.807) is 25.2 Å². The normalized spacial score (nSPS) is 13.8. The number of nitrogens with one attached hydrogen (secondary N) is 1. The van der Waals surface area contributed by atoms with E-state index in [0.717, 1.165) is 5.69 Å². The van der Waals surface area contributed by atoms with Crippen LogP contribution in [0, 0.1) is 0 Å². The highest BCUT2D eigenvalue weighted by atomic mass is 16.5. The number of ether oxygens (including phenoxy) is 1. The number of hydrogen-bond donors (Lipinski definition) is 2. The van der Waals surface area contributed by atoms with Crippen LogP contribution >= 0.6 is 0 Å². The Morgan fingerprint density at radius 3 is 3.06 bits per heavy atom. The topological polar surface area (TPSA) is 78.9 Å². The second kappa shape index (κ2) is 4.95. The van der Waals surface area contributed by atoms with Crippen LogP contribution in [0.5, 0.6) is 5.75 Å². The predicted octanol–water partition coefficient (Wildman–Crippen LogP) is 0.928. The molecule has 18 heavy (non-hydrogen) atoms. The van der Waals surface area contributed by atoms with Gasteiger partial charge in [0.1, 0.15) is 5.75 Å². The van der Waals surface area contributed by atoms with Crippen LogP contribution in [0.25, 0.3) is 0 Å². The fraction of sp³-hybridized carbons (Fsp3) is 0.333. The molecule has 1 aliphatic heterocycles. The van der Waals surface area contributed by atoms with Crippen molar-refractivity contribution in [3.63, 3.8) is 0 Å². The van der Waals surface area contributed by atoms with Crippen LogP contribution in [0.15, 0.2) is 18.2 Å². The molecule has 1 amide bonds. The number of likely N-dealkylation sites (N-methyl/N-ethyl adjacent to an activating group) is 1. The number of rotatable bonds is 4. The third kappa shape index (κ3) is 2.53. The number of carbonyl (C=O) groups excluding carboxylic acids is 1. The number of fused-ring (bicyclic) bond motifs is 1. The molecule has 1 aliphatic rings. The van der Waals surface area contributed by atoms with E-state index in [1.165, 1.54) is 4.90 Å². The summed E-state index contributed by atoms with van der Waals surface area (Å²) < 4.78 is 5.29. The van der Waals surface area contributed by atoms with Gasteiger partial charge in [0.15, 0.2) is 6.61 Å². The van der Waals surface area contributed by atoms with E-state index < -0.39 is 5.97 Å². The summed E-state index contributed by atoms with van der Waals surface area (Å²) in [5, 5.41) is 11.5. The lowest BCUT2D eigenvalue weighted by Crippen LogP contribution is -2.35. The average Bonchev–Trinajstić information content (AvgIpc) is 2.34. The Balaban J connectivity index is 2.11. The summed E-state index contributed by atoms with van der Waals surface area (Å²) in [4.78, 5) is 23.4. The minimum Gasteiger partial charge on any atom is -0.482 e. The predicted molar refractivity (Wildman–Crippen MR) is 66.1 cm³/mol. The van der Waals surface area contributed by atoms with E-state index in [9.17, 15) is 9.59 Å². The number of benzene rings is 1. The number of hydrogen-bond acceptors (Lipinski definition) is 4. The van der Waals surface area contributed by atoms with Gasteiger partial charge in [-0.1, -0.05) is 0 Å². The number of carboxylic acid groups (broad SMARTS) is 1. The number of amides is 1. The monoisotopic (exact) mass is 250 g/mol. The van der Waals surface area contributed by atoms with Crippen LogP contribution in [0.1, 0.15) is 6.42 Å². The second-order valence-corrected chi connectivity index (χ2v) is 3.99. The first-order chi connectivity index (χ1) is 8.58. The van der Waals surface area contributed by atoms with Crippen molar-refractivity contribution in [2.45, 2.75) is 6.42 Å². The molecule has 0 radical (unpaired) electrons. The molecule has 0 spiro atoms. The van der Waals surface area contributed by atoms with Crippen molar-refractivity contribution in [3.05, 3.63) is 18.2 Å². The Morgan fingerprint density at radius 2 is 2.33 bits per heavy atom. The number of anilines is 2. The molecule has 0 aliphatic carbocycles. The van der Waals surface area contributed by atoms with E-state index >= 15 is 0 Å². The summed E-state index contributed by atoms with van der Waals surface area (Å²) in [7, 11) is 1.69. The molecule has 0 aromatic heterocycles. The third-order valence-electron chi connectivity index (χ3n) is 2.71. The van der Waals surface area contributed by atoms with Gasteiger partial charge in [0.2, 0.25) is 0 Å². The quantitative estimate of drug-likeness (QED) is 0.831. The molecule has 0 unspecified atom stereocenters. The fourth-order valence-electron chi connectivity index (χ4n) is 1.70. The van der Waals surface area contributed by atoms with E-state index in [1.807, 2.05) is 0 Å². The number of nitrogens with zero attached hydrogens (tertiary/aromatic N) is 1. The highest BCUT2D eigenvalue weighted by Crippen LogP contribution is 2.33. The molecular formula is C12H14N2O4. The van der Waals surface area contributed by atoms with Crippen LogP contribution in [0.4, 0.5) is 11.4 Å². The van der Waals surface area contributed by atoms with Crippen LogP contribution in [-0.2, 0) is 9.59 Å². The molecule has 96 valence electrons. The maximum absolute atomic E-state index is 11.5. The van der Waals surface area contributed by atoms with E-state index in [0.29, 0.717) is 18.0 Å². The Kier molecular flexibility index (Phi) is 3.36. The van der Waals surface area contributed by atoms with Gasteiger partial charge < -0.3 is 20.1 Å². The molecule has 6 heteroatoms. The number of aliphatic carboxylic acids is 1. The summed E-state index contributed by atoms with van der Waals surface area (Å²) in [6.45, 7) is 0.391. The Morgan fingerprint density at radius 1 is 1.56 bits per heavy atom. The summed E-state index contributed by atoms with van der Waals surface area (Å²) in [5.74, 6) is -0.304. The van der Waals surface area contributed by atoms with Crippen molar-refractivity contribution in [2.24, 2.45) is 0 Å². The summed E-state index contributed by atoms with van der Waals surface area (Å²) in [6, 6.07) is 5.33. The Hall–Kier alpha value is -2.24. The van der Waals surface area contributed by atoms with Gasteiger partial charge >= 0.3 is 5.97 Å². The van der Waals surface area contributed by atoms with Crippen LogP contribution in [0.3, 0.4) is 0 Å². The molecule has 0 saturated heterocycles. The molecule has 1 aromatic rings. The molecule has 0 atom stereocenters. The first kappa shape index (κ1) is 12.2. The Labute approximate surface area is 104 Å². The molecule has 2 N–H and O–H groups in total. The van der Waals surface area contributed by atoms with Gasteiger partial charge in [-0.3, -0.25) is 9.59 Å². The first-order valence-corrected chi connectivity index (χ1v) is 5.57. The van der Waals surface area contributed by atoms with Crippen molar-refractivity contribution in [1.29, 1.82) is 0 Å². The lowest BCUT2D eigenvalue weighted by atomic mass is 10.2. The SMILES string of the molecule is CN1C(=O)COc2ccc(NCCC(=O)O)cc21. The third-order valence-corrected chi connectivity index (χ3v) is 2.71. The van der Waals surface area contributed by atoms with Crippen molar-refractivity contribution in [1.82, 2.24) is 0 Å². The first-order valence-electron chi connectivity index (χ1n) is 5.57. The molecular weight excluding hydrogens is 236 g/mol. The van der Waals surface area contributed by atoms with Gasteiger partial charge in [0.05, 0.1) is 12.1 Å². The molecule has 0 fully saturated rings. The standard InChI is InChI=1S/C12H14N2O4/c1-14-9-6-8(13-5-4-12(16)17)2-3-10(9)18-7-11(14)15/h2-3,6,13H,4-5,7H2,1H3,(H,16,17). The molecule has 1 heterocycles. The number of carboxylic acids is 1. The lowest BCUT2D eigenvalue weighted by Gasteiger charge is -2.26. The zero-order valence-electron chi connectivity index (χ0n) is 9.97. The summed E-state index contributed by atoms with van der Waals surface area (Å²) in [5.41, 5.74) is 1.45. The largest absolute Gasteiger partial charge is 0.482 e. The minimum absolute atomic E-state index is 0.0440. The highest BCUT2D eigenvalue weighted by molar-refractivity contribution is 5.97. The molecule has 1 aromatic carbocycles. The van der Waals surface area contributed by atoms with Crippen LogP contribution in [-0.4, -0.2) is 37.2 Å². The highest BCUT2D eigenvalue weighted by Gasteiger charge is 2.22. The Bertz CT molecular complexity index is 487. The maximum Gasteiger partial charge on any atom is 0.305 e. The van der Waals surface area contributed by atoms with Crippen molar-refractivity contribution >= 4 is 23.3 Å². The van der Waals surface area contributed by atoms with Gasteiger partial charge in [0.25, 0.3) is 5.91 Å². The van der Waals surface area contributed by atoms with Crippen molar-refractivity contribution < 1.29 is 19.4 Å². The smallest absolute Gasteiger partial charge is 0.305 e. The number of carbonyl (C=O) groups is 2. The zero-order valence-corrected chi connectivity index (χ0v) is 9.97. The van der Waals surface area contributed by atoms with Crippen LogP contribution in [0.2, 0.25) is 0 Å². The van der Waals surface area contributed by atoms with Crippen molar-refractivity contribution in [2.75, 3.05) is 30.4 Å². The average molecular weight is 250 g/mol. The molecule has 6 nitrogen and oxygen atoms in total. The maximum atomic E-state index is 11.5. The van der Waals surface area contributed by atoms with E-state index in [-0.39, 0.29) is 18.9 Å². The molecule has 2 rings (SSSR count). The van der Waals surface area contributed by atoms with Gasteiger partial charge in [-0.2, -0.15) is 0 Å². The van der Waals surface area contributed by atoms with Gasteiger partial charge in [-0.15, -0.1) is 0 Å². The van der Waals surface area contributed by atoms with E-state index in [2.05, 4.69) is 5.32 Å². The summed E-state index contributed by atoms with van der Waals surface area (Å²) >= 11 is 0. The fourth-order valence-corrected chi connectivity index (χ4v) is 1.70. The molecule has 0 bridgehead atoms.